The third-order valence-electron chi connectivity index (χ3n) is 4.04. The molecule has 0 radical (unpaired) electrons. The second-order valence-electron chi connectivity index (χ2n) is 5.98. The number of nitrogens with one attached hydrogen (secondary N) is 1. The highest BCUT2D eigenvalue weighted by atomic mass is 35.5. The number of benzene rings is 2. The van der Waals surface area contributed by atoms with Crippen molar-refractivity contribution in [2.24, 2.45) is 0 Å². The molecule has 0 unspecified atom stereocenters. The predicted molar refractivity (Wildman–Crippen MR) is 111 cm³/mol. The number of methoxy groups -OCH3 is 1. The Hall–Kier alpha value is -4.09. The van der Waals surface area contributed by atoms with Gasteiger partial charge in [0.25, 0.3) is 11.6 Å². The summed E-state index contributed by atoms with van der Waals surface area (Å²) in [5, 5.41) is 23.5. The zero-order chi connectivity index (χ0) is 21.7. The van der Waals surface area contributed by atoms with E-state index in [9.17, 15) is 20.2 Å². The fourth-order valence-corrected chi connectivity index (χ4v) is 2.79. The number of nitro benzene ring substituents is 1. The molecular formula is C21H14ClN3O5. The molecule has 0 atom stereocenters. The van der Waals surface area contributed by atoms with E-state index in [2.05, 4.69) is 5.32 Å². The molecule has 9 heteroatoms. The topological polar surface area (TPSA) is 118 Å². The van der Waals surface area contributed by atoms with Crippen LogP contribution in [0.1, 0.15) is 5.76 Å². The first-order chi connectivity index (χ1) is 14.4. The molecule has 3 rings (SSSR count). The van der Waals surface area contributed by atoms with Crippen LogP contribution in [0.4, 0.5) is 11.4 Å². The molecule has 1 amide bonds. The molecule has 0 spiro atoms. The van der Waals surface area contributed by atoms with Gasteiger partial charge >= 0.3 is 0 Å². The Bertz CT molecular complexity index is 1190. The zero-order valence-corrected chi connectivity index (χ0v) is 16.3. The summed E-state index contributed by atoms with van der Waals surface area (Å²) in [5.41, 5.74) is 0.0262. The Kier molecular flexibility index (Phi) is 6.15. The minimum Gasteiger partial charge on any atom is -0.496 e. The highest BCUT2D eigenvalue weighted by Gasteiger charge is 2.19. The van der Waals surface area contributed by atoms with Crippen molar-refractivity contribution in [2.45, 2.75) is 0 Å². The Balaban J connectivity index is 1.85. The number of hydrogen-bond acceptors (Lipinski definition) is 6. The smallest absolute Gasteiger partial charge is 0.296 e. The van der Waals surface area contributed by atoms with E-state index in [1.807, 2.05) is 0 Å². The number of furan rings is 1. The van der Waals surface area contributed by atoms with E-state index in [1.165, 1.54) is 31.4 Å². The first-order valence-electron chi connectivity index (χ1n) is 8.52. The average molecular weight is 424 g/mol. The lowest BCUT2D eigenvalue weighted by Crippen LogP contribution is -2.14. The van der Waals surface area contributed by atoms with Crippen molar-refractivity contribution < 1.29 is 18.9 Å². The fourth-order valence-electron chi connectivity index (χ4n) is 2.60. The number of nitro groups is 1. The molecule has 0 saturated heterocycles. The Labute approximate surface area is 176 Å². The number of ether oxygens (including phenoxy) is 1. The average Bonchev–Trinajstić information content (AvgIpc) is 3.20. The summed E-state index contributed by atoms with van der Waals surface area (Å²) in [4.78, 5) is 23.1. The second-order valence-corrected chi connectivity index (χ2v) is 6.41. The standard InChI is InChI=1S/C21H14ClN3O5/c1-29-16-5-7-18(19(11-16)25(27)28)24-21(26)14(12-23)10-17-6-8-20(30-17)13-3-2-4-15(22)9-13/h2-11H,1H3,(H,24,26)/b14-10+. The molecule has 30 heavy (non-hydrogen) atoms. The van der Waals surface area contributed by atoms with Gasteiger partial charge in [-0.1, -0.05) is 23.7 Å². The van der Waals surface area contributed by atoms with Gasteiger partial charge in [0.05, 0.1) is 18.1 Å². The lowest BCUT2D eigenvalue weighted by atomic mass is 10.2. The number of nitrogens with zero attached hydrogens (tertiary/aromatic N) is 2. The monoisotopic (exact) mass is 423 g/mol. The summed E-state index contributed by atoms with van der Waals surface area (Å²) in [7, 11) is 1.37. The number of carbonyl (C=O) groups excluding carboxylic acids is 1. The summed E-state index contributed by atoms with van der Waals surface area (Å²) < 4.78 is 10.6. The number of hydrogen-bond donors (Lipinski definition) is 1. The van der Waals surface area contributed by atoms with Gasteiger partial charge in [0.2, 0.25) is 0 Å². The van der Waals surface area contributed by atoms with Crippen LogP contribution in [0, 0.1) is 21.4 Å². The molecule has 1 aromatic heterocycles. The van der Waals surface area contributed by atoms with Crippen LogP contribution in [0.5, 0.6) is 5.75 Å². The van der Waals surface area contributed by atoms with Crippen LogP contribution in [0.3, 0.4) is 0 Å². The number of halogens is 1. The summed E-state index contributed by atoms with van der Waals surface area (Å²) in [6.07, 6.45) is 1.25. The maximum Gasteiger partial charge on any atom is 0.296 e. The van der Waals surface area contributed by atoms with Gasteiger partial charge in [0, 0.05) is 16.7 Å². The van der Waals surface area contributed by atoms with E-state index in [4.69, 9.17) is 20.8 Å². The van der Waals surface area contributed by atoms with Crippen molar-refractivity contribution in [2.75, 3.05) is 12.4 Å². The van der Waals surface area contributed by atoms with Gasteiger partial charge < -0.3 is 14.5 Å². The maximum atomic E-state index is 12.5. The van der Waals surface area contributed by atoms with E-state index in [0.29, 0.717) is 10.8 Å². The van der Waals surface area contributed by atoms with Crippen molar-refractivity contribution >= 4 is 35.0 Å². The molecule has 8 nitrogen and oxygen atoms in total. The molecule has 1 heterocycles. The Morgan fingerprint density at radius 1 is 1.27 bits per heavy atom. The highest BCUT2D eigenvalue weighted by Crippen LogP contribution is 2.30. The summed E-state index contributed by atoms with van der Waals surface area (Å²) in [6.45, 7) is 0. The van der Waals surface area contributed by atoms with Gasteiger partial charge in [-0.05, 0) is 36.4 Å². The lowest BCUT2D eigenvalue weighted by Gasteiger charge is -2.07. The lowest BCUT2D eigenvalue weighted by molar-refractivity contribution is -0.384. The highest BCUT2D eigenvalue weighted by molar-refractivity contribution is 6.30. The minimum absolute atomic E-state index is 0.0639. The van der Waals surface area contributed by atoms with Crippen LogP contribution in [-0.4, -0.2) is 17.9 Å². The van der Waals surface area contributed by atoms with Crippen LogP contribution in [0.15, 0.2) is 64.6 Å². The summed E-state index contributed by atoms with van der Waals surface area (Å²) >= 11 is 5.98. The molecular weight excluding hydrogens is 410 g/mol. The molecule has 0 bridgehead atoms. The first-order valence-corrected chi connectivity index (χ1v) is 8.90. The number of nitriles is 1. The normalized spacial score (nSPS) is 10.9. The van der Waals surface area contributed by atoms with Crippen molar-refractivity contribution in [3.05, 3.63) is 81.1 Å². The molecule has 2 aromatic carbocycles. The number of carbonyl (C=O) groups is 1. The Morgan fingerprint density at radius 3 is 2.73 bits per heavy atom. The van der Waals surface area contributed by atoms with Crippen LogP contribution in [0.25, 0.3) is 17.4 Å². The maximum absolute atomic E-state index is 12.5. The quantitative estimate of drug-likeness (QED) is 0.256. The van der Waals surface area contributed by atoms with E-state index in [-0.39, 0.29) is 28.5 Å². The van der Waals surface area contributed by atoms with Crippen LogP contribution < -0.4 is 10.1 Å². The van der Waals surface area contributed by atoms with Crippen molar-refractivity contribution in [1.82, 2.24) is 0 Å². The van der Waals surface area contributed by atoms with Gasteiger partial charge in [-0.2, -0.15) is 5.26 Å². The van der Waals surface area contributed by atoms with E-state index in [0.717, 1.165) is 5.56 Å². The number of rotatable bonds is 6. The third kappa shape index (κ3) is 4.66. The molecule has 1 N–H and O–H groups in total. The van der Waals surface area contributed by atoms with Crippen molar-refractivity contribution in [1.29, 1.82) is 5.26 Å². The van der Waals surface area contributed by atoms with Gasteiger partial charge in [-0.3, -0.25) is 14.9 Å². The molecule has 3 aromatic rings. The Morgan fingerprint density at radius 2 is 2.07 bits per heavy atom. The number of anilines is 1. The molecule has 150 valence electrons. The van der Waals surface area contributed by atoms with E-state index in [1.54, 1.807) is 42.5 Å². The van der Waals surface area contributed by atoms with Gasteiger partial charge in [0.15, 0.2) is 0 Å². The zero-order valence-electron chi connectivity index (χ0n) is 15.6. The molecule has 0 aliphatic heterocycles. The van der Waals surface area contributed by atoms with Crippen LogP contribution >= 0.6 is 11.6 Å². The molecule has 0 aliphatic carbocycles. The van der Waals surface area contributed by atoms with E-state index >= 15 is 0 Å². The SMILES string of the molecule is COc1ccc(NC(=O)/C(C#N)=C/c2ccc(-c3cccc(Cl)c3)o2)c([N+](=O)[O-])c1. The van der Waals surface area contributed by atoms with E-state index < -0.39 is 10.8 Å². The second kappa shape index (κ2) is 8.94. The summed E-state index contributed by atoms with van der Waals surface area (Å²) in [6, 6.07) is 16.0. The molecule has 0 fully saturated rings. The molecule has 0 aliphatic rings. The fraction of sp³-hybridized carbons (Fsp3) is 0.0476. The van der Waals surface area contributed by atoms with Gasteiger partial charge in [-0.15, -0.1) is 0 Å². The van der Waals surface area contributed by atoms with Gasteiger partial charge in [0.1, 0.15) is 34.6 Å². The molecule has 0 saturated carbocycles. The van der Waals surface area contributed by atoms with Crippen LogP contribution in [-0.2, 0) is 4.79 Å². The third-order valence-corrected chi connectivity index (χ3v) is 4.27. The van der Waals surface area contributed by atoms with Crippen LogP contribution in [0.2, 0.25) is 5.02 Å². The largest absolute Gasteiger partial charge is 0.496 e. The van der Waals surface area contributed by atoms with Crippen molar-refractivity contribution in [3.8, 4) is 23.1 Å². The van der Waals surface area contributed by atoms with Crippen molar-refractivity contribution in [3.63, 3.8) is 0 Å². The predicted octanol–water partition coefficient (Wildman–Crippen LogP) is 5.06. The first kappa shape index (κ1) is 20.6. The summed E-state index contributed by atoms with van der Waals surface area (Å²) in [5.74, 6) is 0.222. The number of amides is 1. The van der Waals surface area contributed by atoms with Gasteiger partial charge in [-0.25, -0.2) is 0 Å². The minimum atomic E-state index is -0.813.